The first kappa shape index (κ1) is 37.9. The van der Waals surface area contributed by atoms with Crippen LogP contribution in [0.2, 0.25) is 0 Å². The van der Waals surface area contributed by atoms with Crippen LogP contribution in [0.25, 0.3) is 0 Å². The van der Waals surface area contributed by atoms with E-state index in [1.165, 1.54) is 0 Å². The molecule has 11 N–H and O–H groups in total. The van der Waals surface area contributed by atoms with Gasteiger partial charge in [0.2, 0.25) is 0 Å². The Morgan fingerprint density at radius 3 is 1.91 bits per heavy atom. The van der Waals surface area contributed by atoms with Crippen molar-refractivity contribution in [1.82, 2.24) is 9.55 Å². The Balaban J connectivity index is 1.60. The molecule has 1 aromatic rings. The Labute approximate surface area is 247 Å². The van der Waals surface area contributed by atoms with E-state index in [1.54, 1.807) is 0 Å². The number of carbonyl (C=O) groups is 1. The molecule has 0 spiro atoms. The Kier molecular flexibility index (Phi) is 11.7. The molecular weight excluding hydrogens is 716 g/mol. The zero-order valence-electron chi connectivity index (χ0n) is 21.5. The van der Waals surface area contributed by atoms with Gasteiger partial charge in [-0.2, -0.15) is 12.9 Å². The van der Waals surface area contributed by atoms with Crippen molar-refractivity contribution in [1.29, 1.82) is 0 Å². The lowest BCUT2D eigenvalue weighted by atomic mass is 9.99. The van der Waals surface area contributed by atoms with Crippen molar-refractivity contribution in [2.45, 2.75) is 55.2 Å². The highest BCUT2D eigenvalue weighted by molar-refractivity contribution is 7.69. The number of aliphatic hydroxyl groups is 5. The number of nitrogens with one attached hydrogen (secondary N) is 1. The third kappa shape index (κ3) is 9.73. The normalized spacial score (nSPS) is 35.9. The summed E-state index contributed by atoms with van der Waals surface area (Å²) in [7, 11) is -24.6. The molecule has 2 aliphatic heterocycles. The minimum atomic E-state index is -6.36. The number of hydrogen-bond donors (Lipinski definition) is 11. The first-order chi connectivity index (χ1) is 20.4. The summed E-state index contributed by atoms with van der Waals surface area (Å²) in [6.07, 6.45) is -18.5. The second kappa shape index (κ2) is 13.9. The molecule has 4 unspecified atom stereocenters. The lowest BCUT2D eigenvalue weighted by molar-refractivity contribution is -0.274. The second-order valence-electron chi connectivity index (χ2n) is 8.82. The molecule has 0 radical (unpaired) electrons. The number of phosphoric ester groups is 2. The van der Waals surface area contributed by atoms with Crippen LogP contribution in [0.15, 0.2) is 21.9 Å². The highest BCUT2D eigenvalue weighted by atomic mass is 31.3. The van der Waals surface area contributed by atoms with E-state index in [-0.39, 0.29) is 0 Å². The average molecular weight is 740 g/mol. The van der Waals surface area contributed by atoms with E-state index in [9.17, 15) is 77.8 Å². The zero-order valence-corrected chi connectivity index (χ0v) is 25.1. The number of rotatable bonds is 13. The molecule has 0 aromatic carbocycles. The maximum atomic E-state index is 12.2. The summed E-state index contributed by atoms with van der Waals surface area (Å²) < 4.78 is 78.2. The summed E-state index contributed by atoms with van der Waals surface area (Å²) in [6, 6.07) is 0.852. The van der Waals surface area contributed by atoms with Gasteiger partial charge >= 0.3 is 42.9 Å². The minimum absolute atomic E-state index is 0.625. The Morgan fingerprint density at radius 2 is 1.36 bits per heavy atom. The standard InChI is InChI=1S/C15H24N2O24P4/c18-5-1-2-17(15(26)16-5)12-9(22)6(19)4(36-12)3-35-42(27,28)39-44(31,32)41-45(33,34)40-43(29,30)38-14-10(23)7(20)8(21)11(37-14)13(24)25/h1-2,4,6-12,14,19-23H,3H2,(H,24,25)(H,27,28)(H,29,30)(H,31,32)(H,33,34)(H,16,18,26)/t4-,6-,7+,8+,9-,10-,11+,12-,14-/m1/s1. The number of aliphatic carboxylic acids is 1. The van der Waals surface area contributed by atoms with E-state index in [1.807, 2.05) is 4.98 Å². The number of phosphoric acid groups is 4. The van der Waals surface area contributed by atoms with E-state index in [0.29, 0.717) is 4.57 Å². The molecule has 0 bridgehead atoms. The van der Waals surface area contributed by atoms with Gasteiger partial charge in [0.15, 0.2) is 18.6 Å². The quantitative estimate of drug-likeness (QED) is 0.0849. The van der Waals surface area contributed by atoms with E-state index >= 15 is 0 Å². The SMILES string of the molecule is O=C(O)[C@H]1O[C@H](OP(=O)(O)OP(=O)(O)OP(=O)(O)OP(=O)(O)OC[C@H]2O[C@@H](n3ccc(=O)[nH]c3=O)[C@H](O)[C@@H]2O)[C@H](O)[C@@H](O)[C@@H]1O. The van der Waals surface area contributed by atoms with Gasteiger partial charge in [-0.3, -0.25) is 23.4 Å². The van der Waals surface area contributed by atoms with Crippen molar-refractivity contribution in [3.63, 3.8) is 0 Å². The summed E-state index contributed by atoms with van der Waals surface area (Å²) in [4.78, 5) is 74.7. The van der Waals surface area contributed by atoms with Crippen LogP contribution in [0, 0.1) is 0 Å². The lowest BCUT2D eigenvalue weighted by Gasteiger charge is -2.38. The van der Waals surface area contributed by atoms with Gasteiger partial charge < -0.3 is 59.7 Å². The predicted molar refractivity (Wildman–Crippen MR) is 131 cm³/mol. The van der Waals surface area contributed by atoms with Gasteiger partial charge in [0, 0.05) is 12.3 Å². The minimum Gasteiger partial charge on any atom is -0.479 e. The average Bonchev–Trinajstić information content (AvgIpc) is 3.14. The predicted octanol–water partition coefficient (Wildman–Crippen LogP) is -4.47. The summed E-state index contributed by atoms with van der Waals surface area (Å²) in [6.45, 7) is -1.24. The van der Waals surface area contributed by atoms with Crippen LogP contribution in [0.5, 0.6) is 0 Å². The summed E-state index contributed by atoms with van der Waals surface area (Å²) in [5.41, 5.74) is -1.91. The maximum Gasteiger partial charge on any atom is 0.490 e. The number of nitrogens with zero attached hydrogens (tertiary/aromatic N) is 1. The number of carboxylic acid groups (broad SMARTS) is 1. The van der Waals surface area contributed by atoms with Gasteiger partial charge in [0.05, 0.1) is 6.61 Å². The number of aliphatic hydroxyl groups excluding tert-OH is 5. The number of H-pyrrole nitrogens is 1. The monoisotopic (exact) mass is 740 g/mol. The van der Waals surface area contributed by atoms with Crippen molar-refractivity contribution in [2.24, 2.45) is 0 Å². The van der Waals surface area contributed by atoms with Crippen molar-refractivity contribution < 1.29 is 105 Å². The van der Waals surface area contributed by atoms with Gasteiger partial charge in [-0.15, -0.1) is 0 Å². The second-order valence-corrected chi connectivity index (χ2v) is 15.0. The van der Waals surface area contributed by atoms with E-state index in [4.69, 9.17) is 9.84 Å². The molecule has 258 valence electrons. The number of hydrogen-bond acceptors (Lipinski definition) is 19. The van der Waals surface area contributed by atoms with Gasteiger partial charge in [-0.25, -0.2) is 27.8 Å². The van der Waals surface area contributed by atoms with Gasteiger partial charge in [0.25, 0.3) is 5.56 Å². The topological polar surface area (TPSA) is 407 Å². The largest absolute Gasteiger partial charge is 0.490 e. The van der Waals surface area contributed by atoms with Crippen LogP contribution in [-0.4, -0.2) is 121 Å². The fraction of sp³-hybridized carbons (Fsp3) is 0.667. The van der Waals surface area contributed by atoms with Crippen LogP contribution in [-0.2, 0) is 54.5 Å². The fourth-order valence-corrected chi connectivity index (χ4v) is 8.65. The van der Waals surface area contributed by atoms with Crippen LogP contribution < -0.4 is 11.2 Å². The zero-order chi connectivity index (χ0) is 34.3. The molecule has 30 heteroatoms. The van der Waals surface area contributed by atoms with E-state index in [0.717, 1.165) is 12.3 Å². The van der Waals surface area contributed by atoms with Gasteiger partial charge in [-0.1, -0.05) is 0 Å². The summed E-state index contributed by atoms with van der Waals surface area (Å²) in [5.74, 6) is -1.96. The van der Waals surface area contributed by atoms with Crippen molar-refractivity contribution in [3.05, 3.63) is 33.1 Å². The molecule has 0 amide bonds. The number of aromatic amines is 1. The van der Waals surface area contributed by atoms with E-state index < -0.39 is 110 Å². The first-order valence-corrected chi connectivity index (χ1v) is 17.5. The molecule has 0 aliphatic carbocycles. The van der Waals surface area contributed by atoms with Crippen LogP contribution in [0.3, 0.4) is 0 Å². The molecule has 13 atom stereocenters. The van der Waals surface area contributed by atoms with Crippen LogP contribution >= 0.6 is 31.3 Å². The van der Waals surface area contributed by atoms with Crippen LogP contribution in [0.4, 0.5) is 0 Å². The molecule has 2 saturated heterocycles. The lowest BCUT2D eigenvalue weighted by Crippen LogP contribution is -2.60. The summed E-state index contributed by atoms with van der Waals surface area (Å²) >= 11 is 0. The molecule has 1 aromatic heterocycles. The fourth-order valence-electron chi connectivity index (χ4n) is 3.63. The molecule has 2 fully saturated rings. The first-order valence-electron chi connectivity index (χ1n) is 11.5. The highest BCUT2D eigenvalue weighted by Crippen LogP contribution is 2.71. The molecule has 3 heterocycles. The molecular formula is C15H24N2O24P4. The molecule has 0 saturated carbocycles. The third-order valence-corrected chi connectivity index (χ3v) is 11.4. The molecule has 45 heavy (non-hydrogen) atoms. The Hall–Kier alpha value is -1.57. The summed E-state index contributed by atoms with van der Waals surface area (Å²) in [5, 5.41) is 58.3. The highest BCUT2D eigenvalue weighted by Gasteiger charge is 2.52. The molecule has 3 rings (SSSR count). The Bertz CT molecular complexity index is 1560. The molecule has 26 nitrogen and oxygen atoms in total. The number of aromatic nitrogens is 2. The van der Waals surface area contributed by atoms with Crippen LogP contribution in [0.1, 0.15) is 6.23 Å². The third-order valence-electron chi connectivity index (χ3n) is 5.53. The van der Waals surface area contributed by atoms with Crippen molar-refractivity contribution in [2.75, 3.05) is 6.61 Å². The Morgan fingerprint density at radius 1 is 0.800 bits per heavy atom. The smallest absolute Gasteiger partial charge is 0.479 e. The maximum absolute atomic E-state index is 12.2. The number of ether oxygens (including phenoxy) is 2. The van der Waals surface area contributed by atoms with E-state index in [2.05, 4.69) is 26.7 Å². The number of carboxylic acids is 1. The van der Waals surface area contributed by atoms with Gasteiger partial charge in [0.1, 0.15) is 36.6 Å². The van der Waals surface area contributed by atoms with Crippen molar-refractivity contribution >= 4 is 37.3 Å². The molecule has 2 aliphatic rings. The van der Waals surface area contributed by atoms with Crippen molar-refractivity contribution in [3.8, 4) is 0 Å². The van der Waals surface area contributed by atoms with Gasteiger partial charge in [-0.05, 0) is 0 Å².